The van der Waals surface area contributed by atoms with Crippen molar-refractivity contribution >= 4 is 39.2 Å². The number of imidazole rings is 1. The van der Waals surface area contributed by atoms with Crippen LogP contribution >= 0.6 is 15.9 Å². The normalized spacial score (nSPS) is 16.8. The average molecular weight is 429 g/mol. The van der Waals surface area contributed by atoms with Crippen molar-refractivity contribution in [3.63, 3.8) is 0 Å². The molecule has 8 nitrogen and oxygen atoms in total. The number of carbonyl (C=O) groups is 1. The van der Waals surface area contributed by atoms with Gasteiger partial charge in [-0.2, -0.15) is 0 Å². The van der Waals surface area contributed by atoms with Gasteiger partial charge in [0.15, 0.2) is 5.65 Å². The molecule has 9 heteroatoms. The number of fused-ring (bicyclic) bond motifs is 1. The summed E-state index contributed by atoms with van der Waals surface area (Å²) in [6.07, 6.45) is 7.70. The summed E-state index contributed by atoms with van der Waals surface area (Å²) in [4.78, 5) is 26.7. The number of hydrogen-bond donors (Lipinski definition) is 1. The number of nitrogens with zero attached hydrogens (tertiary/aromatic N) is 5. The van der Waals surface area contributed by atoms with Crippen LogP contribution in [0.4, 0.5) is 16.3 Å². The highest BCUT2D eigenvalue weighted by Crippen LogP contribution is 2.42. The smallest absolute Gasteiger partial charge is 0.414 e. The largest absolute Gasteiger partial charge is 0.447 e. The van der Waals surface area contributed by atoms with Crippen LogP contribution in [0.3, 0.4) is 0 Å². The molecule has 0 aromatic carbocycles. The summed E-state index contributed by atoms with van der Waals surface area (Å²) < 4.78 is 7.86. The Hall–Kier alpha value is -2.68. The molecule has 3 aromatic heterocycles. The van der Waals surface area contributed by atoms with Gasteiger partial charge in [-0.25, -0.2) is 19.7 Å². The Morgan fingerprint density at radius 3 is 2.89 bits per heavy atom. The second kappa shape index (κ2) is 6.49. The fourth-order valence-corrected chi connectivity index (χ4v) is 3.61. The van der Waals surface area contributed by atoms with E-state index in [0.29, 0.717) is 25.6 Å². The second-order valence-electron chi connectivity index (χ2n) is 6.74. The number of pyridine rings is 1. The van der Waals surface area contributed by atoms with Crippen molar-refractivity contribution in [2.75, 3.05) is 23.4 Å². The van der Waals surface area contributed by atoms with Gasteiger partial charge >= 0.3 is 6.09 Å². The van der Waals surface area contributed by atoms with Gasteiger partial charge in [0.05, 0.1) is 24.5 Å². The molecule has 3 aromatic rings. The van der Waals surface area contributed by atoms with Gasteiger partial charge in [0, 0.05) is 18.5 Å². The summed E-state index contributed by atoms with van der Waals surface area (Å²) >= 11 is 3.34. The molecule has 0 atom stereocenters. The van der Waals surface area contributed by atoms with E-state index < -0.39 is 0 Å². The van der Waals surface area contributed by atoms with Crippen LogP contribution in [-0.4, -0.2) is 38.6 Å². The molecule has 1 aliphatic heterocycles. The number of anilines is 2. The molecule has 1 saturated carbocycles. The van der Waals surface area contributed by atoms with Crippen LogP contribution in [0.1, 0.15) is 30.0 Å². The van der Waals surface area contributed by atoms with Crippen molar-refractivity contribution in [1.82, 2.24) is 19.4 Å². The van der Waals surface area contributed by atoms with Crippen molar-refractivity contribution in [3.8, 4) is 0 Å². The zero-order chi connectivity index (χ0) is 18.4. The van der Waals surface area contributed by atoms with Crippen molar-refractivity contribution in [1.29, 1.82) is 0 Å². The molecule has 1 amide bonds. The van der Waals surface area contributed by atoms with Crippen LogP contribution in [0.25, 0.3) is 5.65 Å². The maximum atomic E-state index is 12.1. The zero-order valence-electron chi connectivity index (χ0n) is 14.4. The van der Waals surface area contributed by atoms with Crippen molar-refractivity contribution in [2.24, 2.45) is 0 Å². The van der Waals surface area contributed by atoms with Gasteiger partial charge in [-0.3, -0.25) is 4.90 Å². The van der Waals surface area contributed by atoms with Crippen LogP contribution in [0.5, 0.6) is 0 Å². The maximum absolute atomic E-state index is 12.1. The van der Waals surface area contributed by atoms with Crippen molar-refractivity contribution < 1.29 is 9.53 Å². The van der Waals surface area contributed by atoms with E-state index in [4.69, 9.17) is 9.72 Å². The summed E-state index contributed by atoms with van der Waals surface area (Å²) in [6, 6.07) is 3.90. The predicted molar refractivity (Wildman–Crippen MR) is 103 cm³/mol. The van der Waals surface area contributed by atoms with Crippen LogP contribution in [0, 0.1) is 0 Å². The summed E-state index contributed by atoms with van der Waals surface area (Å²) in [5, 5.41) is 3.25. The highest BCUT2D eigenvalue weighted by Gasteiger charge is 2.30. The summed E-state index contributed by atoms with van der Waals surface area (Å²) in [6.45, 7) is 1.49. The maximum Gasteiger partial charge on any atom is 0.414 e. The van der Waals surface area contributed by atoms with Gasteiger partial charge in [0.25, 0.3) is 0 Å². The number of hydrogen-bond acceptors (Lipinski definition) is 6. The van der Waals surface area contributed by atoms with Crippen LogP contribution in [0.2, 0.25) is 0 Å². The van der Waals surface area contributed by atoms with E-state index in [0.717, 1.165) is 27.4 Å². The lowest BCUT2D eigenvalue weighted by Gasteiger charge is -2.15. The van der Waals surface area contributed by atoms with E-state index in [1.54, 1.807) is 4.90 Å². The molecule has 1 N–H and O–H groups in total. The standard InChI is InChI=1S/C18H17BrN6O2/c19-15-6-16(22-10-21-15)20-7-13-9-24-8-12(11-1-2-11)5-14(17(24)23-13)25-3-4-27-18(25)26/h5-6,8-11H,1-4,7H2,(H,20,21,22). The predicted octanol–water partition coefficient (Wildman–Crippen LogP) is 3.33. The first-order chi connectivity index (χ1) is 13.2. The molecule has 5 rings (SSSR count). The number of halogens is 1. The Morgan fingerprint density at radius 1 is 1.26 bits per heavy atom. The molecule has 0 radical (unpaired) electrons. The molecule has 138 valence electrons. The first-order valence-electron chi connectivity index (χ1n) is 8.84. The van der Waals surface area contributed by atoms with Crippen molar-refractivity contribution in [3.05, 3.63) is 46.7 Å². The van der Waals surface area contributed by atoms with Gasteiger partial charge < -0.3 is 14.5 Å². The van der Waals surface area contributed by atoms with Gasteiger partial charge in [0.1, 0.15) is 23.4 Å². The fourth-order valence-electron chi connectivity index (χ4n) is 3.30. The molecule has 2 fully saturated rings. The minimum absolute atomic E-state index is 0.307. The summed E-state index contributed by atoms with van der Waals surface area (Å²) in [7, 11) is 0. The molecule has 0 bridgehead atoms. The van der Waals surface area contributed by atoms with Gasteiger partial charge in [-0.15, -0.1) is 0 Å². The molecule has 0 spiro atoms. The van der Waals surface area contributed by atoms with E-state index >= 15 is 0 Å². The molecule has 27 heavy (non-hydrogen) atoms. The monoisotopic (exact) mass is 428 g/mol. The first kappa shape index (κ1) is 16.5. The summed E-state index contributed by atoms with van der Waals surface area (Å²) in [5.41, 5.74) is 3.69. The highest BCUT2D eigenvalue weighted by atomic mass is 79.9. The van der Waals surface area contributed by atoms with Crippen LogP contribution < -0.4 is 10.2 Å². The molecule has 1 aliphatic carbocycles. The minimum atomic E-state index is -0.307. The lowest BCUT2D eigenvalue weighted by Crippen LogP contribution is -2.24. The highest BCUT2D eigenvalue weighted by molar-refractivity contribution is 9.10. The molecular weight excluding hydrogens is 412 g/mol. The third-order valence-electron chi connectivity index (χ3n) is 4.79. The topological polar surface area (TPSA) is 84.7 Å². The first-order valence-corrected chi connectivity index (χ1v) is 9.64. The molecular formula is C18H17BrN6O2. The fraction of sp³-hybridized carbons (Fsp3) is 0.333. The van der Waals surface area contributed by atoms with Crippen LogP contribution in [-0.2, 0) is 11.3 Å². The Labute approximate surface area is 163 Å². The third kappa shape index (κ3) is 3.23. The third-order valence-corrected chi connectivity index (χ3v) is 5.22. The second-order valence-corrected chi connectivity index (χ2v) is 7.55. The lowest BCUT2D eigenvalue weighted by molar-refractivity contribution is 0.181. The number of cyclic esters (lactones) is 1. The van der Waals surface area contributed by atoms with Gasteiger partial charge in [0.2, 0.25) is 0 Å². The van der Waals surface area contributed by atoms with E-state index in [2.05, 4.69) is 43.5 Å². The Bertz CT molecular complexity index is 1030. The van der Waals surface area contributed by atoms with E-state index in [-0.39, 0.29) is 6.09 Å². The number of rotatable bonds is 5. The quantitative estimate of drug-likeness (QED) is 0.627. The number of amides is 1. The van der Waals surface area contributed by atoms with Crippen LogP contribution in [0.15, 0.2) is 35.5 Å². The number of nitrogens with one attached hydrogen (secondary N) is 1. The molecule has 2 aliphatic rings. The van der Waals surface area contributed by atoms with E-state index in [9.17, 15) is 4.79 Å². The Morgan fingerprint density at radius 2 is 2.15 bits per heavy atom. The SMILES string of the molecule is O=C1OCCN1c1cc(C2CC2)cn2cc(CNc3cc(Br)ncn3)nc12. The summed E-state index contributed by atoms with van der Waals surface area (Å²) in [5.74, 6) is 1.30. The average Bonchev–Trinajstić information content (AvgIpc) is 3.29. The number of aromatic nitrogens is 4. The molecule has 4 heterocycles. The Balaban J connectivity index is 1.49. The number of carbonyl (C=O) groups excluding carboxylic acids is 1. The van der Waals surface area contributed by atoms with Gasteiger partial charge in [-0.1, -0.05) is 0 Å². The minimum Gasteiger partial charge on any atom is -0.447 e. The lowest BCUT2D eigenvalue weighted by atomic mass is 10.1. The Kier molecular flexibility index (Phi) is 3.96. The molecule has 0 unspecified atom stereocenters. The van der Waals surface area contributed by atoms with E-state index in [1.165, 1.54) is 24.7 Å². The van der Waals surface area contributed by atoms with Gasteiger partial charge in [-0.05, 0) is 46.3 Å². The van der Waals surface area contributed by atoms with E-state index in [1.807, 2.05) is 16.7 Å². The van der Waals surface area contributed by atoms with Crippen molar-refractivity contribution in [2.45, 2.75) is 25.3 Å². The molecule has 1 saturated heterocycles. The zero-order valence-corrected chi connectivity index (χ0v) is 16.0. The number of ether oxygens (including phenoxy) is 1.